The van der Waals surface area contributed by atoms with Crippen LogP contribution in [0.15, 0.2) is 24.3 Å². The molecular weight excluding hydrogens is 282 g/mol. The van der Waals surface area contributed by atoms with E-state index >= 15 is 0 Å². The van der Waals surface area contributed by atoms with Gasteiger partial charge >= 0.3 is 0 Å². The highest BCUT2D eigenvalue weighted by molar-refractivity contribution is 8.00. The van der Waals surface area contributed by atoms with Crippen molar-refractivity contribution in [1.82, 2.24) is 4.90 Å². The minimum absolute atomic E-state index is 0.0758. The molecule has 2 rings (SSSR count). The summed E-state index contributed by atoms with van der Waals surface area (Å²) in [5.74, 6) is 1.27. The maximum atomic E-state index is 11.9. The lowest BCUT2D eigenvalue weighted by Crippen LogP contribution is -2.45. The molecule has 0 saturated carbocycles. The molecule has 0 spiro atoms. The van der Waals surface area contributed by atoms with E-state index in [1.165, 1.54) is 5.75 Å². The molecule has 3 N–H and O–H groups in total. The Bertz CT molecular complexity index is 463. The number of nitrogens with one attached hydrogen (secondary N) is 1. The molecule has 1 saturated heterocycles. The molecule has 1 aliphatic heterocycles. The van der Waals surface area contributed by atoms with Crippen LogP contribution in [0.2, 0.25) is 0 Å². The molecule has 5 heteroatoms. The van der Waals surface area contributed by atoms with Crippen LogP contribution in [0.4, 0.5) is 11.4 Å². The van der Waals surface area contributed by atoms with Crippen LogP contribution < -0.4 is 11.1 Å². The minimum Gasteiger partial charge on any atom is -0.399 e. The fourth-order valence-electron chi connectivity index (χ4n) is 2.54. The zero-order valence-corrected chi connectivity index (χ0v) is 13.7. The molecule has 0 aliphatic carbocycles. The normalized spacial score (nSPS) is 23.0. The molecule has 1 aliphatic rings. The Hall–Kier alpha value is -1.20. The fraction of sp³-hybridized carbons (Fsp3) is 0.562. The van der Waals surface area contributed by atoms with E-state index in [1.54, 1.807) is 12.1 Å². The third-order valence-electron chi connectivity index (χ3n) is 4.06. The van der Waals surface area contributed by atoms with Crippen molar-refractivity contribution in [3.63, 3.8) is 0 Å². The predicted octanol–water partition coefficient (Wildman–Crippen LogP) is 2.81. The number of nitrogens with zero attached hydrogens (tertiary/aromatic N) is 1. The lowest BCUT2D eigenvalue weighted by atomic mass is 10.2. The van der Waals surface area contributed by atoms with E-state index in [0.717, 1.165) is 25.2 Å². The van der Waals surface area contributed by atoms with Crippen molar-refractivity contribution in [2.24, 2.45) is 0 Å². The Morgan fingerprint density at radius 1 is 1.38 bits per heavy atom. The highest BCUT2D eigenvalue weighted by Crippen LogP contribution is 2.24. The summed E-state index contributed by atoms with van der Waals surface area (Å²) < 4.78 is 0. The number of amides is 1. The monoisotopic (exact) mass is 307 g/mol. The van der Waals surface area contributed by atoms with Crippen molar-refractivity contribution in [1.29, 1.82) is 0 Å². The van der Waals surface area contributed by atoms with Crippen LogP contribution in [-0.4, -0.2) is 40.9 Å². The topological polar surface area (TPSA) is 58.4 Å². The van der Waals surface area contributed by atoms with E-state index in [-0.39, 0.29) is 5.91 Å². The zero-order valence-electron chi connectivity index (χ0n) is 12.8. The summed E-state index contributed by atoms with van der Waals surface area (Å²) in [5, 5.41) is 3.59. The average molecular weight is 307 g/mol. The number of thioether (sulfide) groups is 1. The van der Waals surface area contributed by atoms with Crippen molar-refractivity contribution in [3.05, 3.63) is 24.3 Å². The van der Waals surface area contributed by atoms with Gasteiger partial charge in [-0.25, -0.2) is 0 Å². The summed E-state index contributed by atoms with van der Waals surface area (Å²) in [5.41, 5.74) is 7.14. The van der Waals surface area contributed by atoms with Crippen molar-refractivity contribution in [3.8, 4) is 0 Å². The molecule has 1 heterocycles. The summed E-state index contributed by atoms with van der Waals surface area (Å²) in [6, 6.07) is 7.86. The maximum absolute atomic E-state index is 11.9. The second-order valence-electron chi connectivity index (χ2n) is 5.63. The molecule has 1 aromatic rings. The first kappa shape index (κ1) is 16.2. The fourth-order valence-corrected chi connectivity index (χ4v) is 3.71. The highest BCUT2D eigenvalue weighted by Gasteiger charge is 2.24. The van der Waals surface area contributed by atoms with Crippen LogP contribution in [0.1, 0.15) is 26.7 Å². The van der Waals surface area contributed by atoms with Gasteiger partial charge in [0.2, 0.25) is 5.91 Å². The van der Waals surface area contributed by atoms with Crippen LogP contribution in [0, 0.1) is 0 Å². The van der Waals surface area contributed by atoms with Gasteiger partial charge < -0.3 is 11.1 Å². The smallest absolute Gasteiger partial charge is 0.224 e. The van der Waals surface area contributed by atoms with E-state index in [1.807, 2.05) is 23.9 Å². The van der Waals surface area contributed by atoms with Crippen LogP contribution in [0.5, 0.6) is 0 Å². The standard InChI is InChI=1S/C16H25N3OS/c1-12-13(2)21-11-10-19(12)9-3-4-16(20)18-15-7-5-14(17)6-8-15/h5-8,12-13H,3-4,9-11,17H2,1-2H3,(H,18,20). The molecule has 1 fully saturated rings. The number of carbonyl (C=O) groups is 1. The number of carbonyl (C=O) groups excluding carboxylic acids is 1. The second-order valence-corrected chi connectivity index (χ2v) is 7.11. The van der Waals surface area contributed by atoms with E-state index < -0.39 is 0 Å². The van der Waals surface area contributed by atoms with Crippen molar-refractivity contribution >= 4 is 29.0 Å². The number of benzene rings is 1. The van der Waals surface area contributed by atoms with E-state index in [4.69, 9.17) is 5.73 Å². The van der Waals surface area contributed by atoms with Gasteiger partial charge in [0, 0.05) is 41.4 Å². The first-order valence-corrected chi connectivity index (χ1v) is 8.62. The van der Waals surface area contributed by atoms with Gasteiger partial charge in [0.15, 0.2) is 0 Å². The SMILES string of the molecule is CC1SCCN(CCCC(=O)Nc2ccc(N)cc2)C1C. The quantitative estimate of drug-likeness (QED) is 0.821. The largest absolute Gasteiger partial charge is 0.399 e. The van der Waals surface area contributed by atoms with Gasteiger partial charge in [-0.2, -0.15) is 11.8 Å². The molecule has 116 valence electrons. The molecule has 1 amide bonds. The summed E-state index contributed by atoms with van der Waals surface area (Å²) >= 11 is 2.04. The average Bonchev–Trinajstić information content (AvgIpc) is 2.46. The zero-order chi connectivity index (χ0) is 15.2. The maximum Gasteiger partial charge on any atom is 0.224 e. The first-order chi connectivity index (χ1) is 10.1. The van der Waals surface area contributed by atoms with Crippen LogP contribution in [0.25, 0.3) is 0 Å². The van der Waals surface area contributed by atoms with Crippen LogP contribution in [-0.2, 0) is 4.79 Å². The van der Waals surface area contributed by atoms with Gasteiger partial charge in [0.25, 0.3) is 0 Å². The Labute approximate surface area is 131 Å². The molecule has 0 radical (unpaired) electrons. The Kier molecular flexibility index (Phi) is 5.94. The van der Waals surface area contributed by atoms with Crippen molar-refractivity contribution in [2.45, 2.75) is 38.0 Å². The van der Waals surface area contributed by atoms with Gasteiger partial charge in [-0.3, -0.25) is 9.69 Å². The van der Waals surface area contributed by atoms with E-state index in [9.17, 15) is 4.79 Å². The van der Waals surface area contributed by atoms with Crippen molar-refractivity contribution < 1.29 is 4.79 Å². The Morgan fingerprint density at radius 3 is 2.81 bits per heavy atom. The van der Waals surface area contributed by atoms with Gasteiger partial charge in [-0.15, -0.1) is 0 Å². The van der Waals surface area contributed by atoms with Gasteiger partial charge in [0.05, 0.1) is 0 Å². The summed E-state index contributed by atoms with van der Waals surface area (Å²) in [6.07, 6.45) is 1.47. The van der Waals surface area contributed by atoms with Crippen LogP contribution in [0.3, 0.4) is 0 Å². The predicted molar refractivity (Wildman–Crippen MR) is 91.7 cm³/mol. The van der Waals surface area contributed by atoms with E-state index in [2.05, 4.69) is 24.1 Å². The molecule has 0 aromatic heterocycles. The Morgan fingerprint density at radius 2 is 2.10 bits per heavy atom. The first-order valence-electron chi connectivity index (χ1n) is 7.57. The molecular formula is C16H25N3OS. The summed E-state index contributed by atoms with van der Waals surface area (Å²) in [4.78, 5) is 14.4. The minimum atomic E-state index is 0.0758. The molecule has 2 atom stereocenters. The molecule has 0 bridgehead atoms. The van der Waals surface area contributed by atoms with Gasteiger partial charge in [0.1, 0.15) is 0 Å². The highest BCUT2D eigenvalue weighted by atomic mass is 32.2. The third kappa shape index (κ3) is 4.93. The van der Waals surface area contributed by atoms with Gasteiger partial charge in [-0.05, 0) is 44.2 Å². The lowest BCUT2D eigenvalue weighted by molar-refractivity contribution is -0.116. The number of hydrogen-bond acceptors (Lipinski definition) is 4. The Balaban J connectivity index is 1.70. The number of nitrogens with two attached hydrogens (primary N) is 1. The second kappa shape index (κ2) is 7.71. The molecule has 2 unspecified atom stereocenters. The molecule has 21 heavy (non-hydrogen) atoms. The lowest BCUT2D eigenvalue weighted by Gasteiger charge is -2.37. The van der Waals surface area contributed by atoms with Crippen molar-refractivity contribution in [2.75, 3.05) is 29.9 Å². The molecule has 1 aromatic carbocycles. The molecule has 4 nitrogen and oxygen atoms in total. The number of hydrogen-bond donors (Lipinski definition) is 2. The number of anilines is 2. The van der Waals surface area contributed by atoms with Crippen LogP contribution >= 0.6 is 11.8 Å². The summed E-state index contributed by atoms with van der Waals surface area (Å²) in [6.45, 7) is 6.71. The number of nitrogen functional groups attached to an aromatic ring is 1. The van der Waals surface area contributed by atoms with E-state index in [0.29, 0.717) is 23.4 Å². The van der Waals surface area contributed by atoms with Gasteiger partial charge in [-0.1, -0.05) is 6.92 Å². The third-order valence-corrected chi connectivity index (χ3v) is 5.40. The summed E-state index contributed by atoms with van der Waals surface area (Å²) in [7, 11) is 0. The number of rotatable bonds is 5.